The van der Waals surface area contributed by atoms with Gasteiger partial charge >= 0.3 is 0 Å². The van der Waals surface area contributed by atoms with Crippen LogP contribution in [0.5, 0.6) is 5.75 Å². The Labute approximate surface area is 123 Å². The van der Waals surface area contributed by atoms with Crippen LogP contribution in [-0.2, 0) is 0 Å². The monoisotopic (exact) mass is 275 g/mol. The summed E-state index contributed by atoms with van der Waals surface area (Å²) in [6, 6.07) is 6.96. The zero-order valence-electron chi connectivity index (χ0n) is 13.4. The Bertz CT molecular complexity index is 421. The van der Waals surface area contributed by atoms with Gasteiger partial charge in [-0.25, -0.2) is 0 Å². The first-order chi connectivity index (χ1) is 9.69. The van der Waals surface area contributed by atoms with Crippen molar-refractivity contribution in [2.75, 3.05) is 14.2 Å². The van der Waals surface area contributed by atoms with Gasteiger partial charge in [0.25, 0.3) is 0 Å². The molecule has 112 valence electrons. The summed E-state index contributed by atoms with van der Waals surface area (Å²) >= 11 is 0. The molecule has 0 spiro atoms. The van der Waals surface area contributed by atoms with Crippen LogP contribution in [0.15, 0.2) is 18.2 Å². The zero-order valence-corrected chi connectivity index (χ0v) is 13.4. The van der Waals surface area contributed by atoms with Crippen LogP contribution in [0.1, 0.15) is 56.2 Å². The standard InChI is InChI=1S/C18H29NO/c1-5-14-6-8-15(9-7-14)18(19-3)17-11-10-16(20-4)12-13(17)2/h10-12,14-15,18-19H,5-9H2,1-4H3. The molecule has 1 aliphatic rings. The van der Waals surface area contributed by atoms with E-state index in [4.69, 9.17) is 4.74 Å². The lowest BCUT2D eigenvalue weighted by Gasteiger charge is -2.34. The van der Waals surface area contributed by atoms with Crippen molar-refractivity contribution in [2.24, 2.45) is 11.8 Å². The molecule has 2 nitrogen and oxygen atoms in total. The van der Waals surface area contributed by atoms with Crippen molar-refractivity contribution in [2.45, 2.75) is 52.0 Å². The smallest absolute Gasteiger partial charge is 0.119 e. The Morgan fingerprint density at radius 2 is 1.95 bits per heavy atom. The first kappa shape index (κ1) is 15.4. The van der Waals surface area contributed by atoms with Crippen LogP contribution in [-0.4, -0.2) is 14.2 Å². The molecular weight excluding hydrogens is 246 g/mol. The summed E-state index contributed by atoms with van der Waals surface area (Å²) in [5.41, 5.74) is 2.77. The van der Waals surface area contributed by atoms with Crippen LogP contribution >= 0.6 is 0 Å². The summed E-state index contributed by atoms with van der Waals surface area (Å²) in [5.74, 6) is 2.69. The number of aryl methyl sites for hydroxylation is 1. The summed E-state index contributed by atoms with van der Waals surface area (Å²) in [7, 11) is 3.83. The SMILES string of the molecule is CCC1CCC(C(NC)c2ccc(OC)cc2C)CC1. The van der Waals surface area contributed by atoms with Crippen LogP contribution in [0.3, 0.4) is 0 Å². The Morgan fingerprint density at radius 3 is 2.45 bits per heavy atom. The molecule has 0 aliphatic heterocycles. The quantitative estimate of drug-likeness (QED) is 0.855. The third-order valence-corrected chi connectivity index (χ3v) is 5.06. The molecule has 1 unspecified atom stereocenters. The molecule has 20 heavy (non-hydrogen) atoms. The maximum Gasteiger partial charge on any atom is 0.119 e. The maximum atomic E-state index is 5.32. The van der Waals surface area contributed by atoms with E-state index >= 15 is 0 Å². The van der Waals surface area contributed by atoms with Gasteiger partial charge in [0.05, 0.1) is 7.11 Å². The van der Waals surface area contributed by atoms with Gasteiger partial charge in [-0.15, -0.1) is 0 Å². The largest absolute Gasteiger partial charge is 0.497 e. The average molecular weight is 275 g/mol. The Balaban J connectivity index is 2.12. The van der Waals surface area contributed by atoms with Crippen molar-refractivity contribution in [3.63, 3.8) is 0 Å². The number of hydrogen-bond donors (Lipinski definition) is 1. The molecule has 1 atom stereocenters. The van der Waals surface area contributed by atoms with Gasteiger partial charge in [-0.2, -0.15) is 0 Å². The summed E-state index contributed by atoms with van der Waals surface area (Å²) in [4.78, 5) is 0. The summed E-state index contributed by atoms with van der Waals surface area (Å²) in [5, 5.41) is 3.56. The molecule has 0 amide bonds. The van der Waals surface area contributed by atoms with E-state index in [1.165, 1.54) is 43.2 Å². The van der Waals surface area contributed by atoms with E-state index < -0.39 is 0 Å². The Hall–Kier alpha value is -1.02. The lowest BCUT2D eigenvalue weighted by Crippen LogP contribution is -2.29. The lowest BCUT2D eigenvalue weighted by molar-refractivity contribution is 0.224. The molecule has 0 bridgehead atoms. The summed E-state index contributed by atoms with van der Waals surface area (Å²) < 4.78 is 5.32. The van der Waals surface area contributed by atoms with Crippen molar-refractivity contribution in [1.82, 2.24) is 5.32 Å². The normalized spacial score (nSPS) is 24.4. The highest BCUT2D eigenvalue weighted by Gasteiger charge is 2.27. The van der Waals surface area contributed by atoms with Crippen LogP contribution in [0.25, 0.3) is 0 Å². The first-order valence-electron chi connectivity index (χ1n) is 8.01. The van der Waals surface area contributed by atoms with Gasteiger partial charge in [-0.05, 0) is 61.9 Å². The number of benzene rings is 1. The molecule has 1 aliphatic carbocycles. The van der Waals surface area contributed by atoms with Gasteiger partial charge in [-0.1, -0.05) is 32.3 Å². The Kier molecular flexibility index (Phi) is 5.47. The van der Waals surface area contributed by atoms with Gasteiger partial charge in [0, 0.05) is 6.04 Å². The van der Waals surface area contributed by atoms with E-state index in [1.54, 1.807) is 7.11 Å². The third kappa shape index (κ3) is 3.35. The third-order valence-electron chi connectivity index (χ3n) is 5.06. The van der Waals surface area contributed by atoms with Gasteiger partial charge < -0.3 is 10.1 Å². The maximum absolute atomic E-state index is 5.32. The van der Waals surface area contributed by atoms with Crippen LogP contribution in [0, 0.1) is 18.8 Å². The minimum absolute atomic E-state index is 0.485. The Morgan fingerprint density at radius 1 is 1.25 bits per heavy atom. The zero-order chi connectivity index (χ0) is 14.5. The molecule has 0 saturated heterocycles. The van der Waals surface area contributed by atoms with Crippen molar-refractivity contribution in [1.29, 1.82) is 0 Å². The van der Waals surface area contributed by atoms with Gasteiger partial charge in [0.2, 0.25) is 0 Å². The molecule has 1 saturated carbocycles. The molecule has 1 aromatic carbocycles. The number of nitrogens with one attached hydrogen (secondary N) is 1. The van der Waals surface area contributed by atoms with E-state index in [1.807, 2.05) is 0 Å². The molecule has 0 heterocycles. The predicted octanol–water partition coefficient (Wildman–Crippen LogP) is 4.48. The highest BCUT2D eigenvalue weighted by molar-refractivity contribution is 5.37. The summed E-state index contributed by atoms with van der Waals surface area (Å²) in [6.07, 6.45) is 6.85. The topological polar surface area (TPSA) is 21.3 Å². The molecule has 1 aromatic rings. The summed E-state index contributed by atoms with van der Waals surface area (Å²) in [6.45, 7) is 4.52. The molecule has 0 radical (unpaired) electrons. The molecule has 1 N–H and O–H groups in total. The predicted molar refractivity (Wildman–Crippen MR) is 85.3 cm³/mol. The van der Waals surface area contributed by atoms with Gasteiger partial charge in [-0.3, -0.25) is 0 Å². The van der Waals surface area contributed by atoms with E-state index in [-0.39, 0.29) is 0 Å². The highest BCUT2D eigenvalue weighted by atomic mass is 16.5. The highest BCUT2D eigenvalue weighted by Crippen LogP contribution is 2.39. The van der Waals surface area contributed by atoms with Crippen LogP contribution in [0.4, 0.5) is 0 Å². The first-order valence-corrected chi connectivity index (χ1v) is 8.01. The van der Waals surface area contributed by atoms with E-state index in [0.29, 0.717) is 6.04 Å². The number of hydrogen-bond acceptors (Lipinski definition) is 2. The number of methoxy groups -OCH3 is 1. The lowest BCUT2D eigenvalue weighted by atomic mass is 9.75. The fourth-order valence-corrected chi connectivity index (χ4v) is 3.70. The van der Waals surface area contributed by atoms with Crippen molar-refractivity contribution in [3.8, 4) is 5.75 Å². The van der Waals surface area contributed by atoms with Crippen molar-refractivity contribution in [3.05, 3.63) is 29.3 Å². The number of rotatable bonds is 5. The second-order valence-corrected chi connectivity index (χ2v) is 6.18. The van der Waals surface area contributed by atoms with Crippen molar-refractivity contribution < 1.29 is 4.74 Å². The number of ether oxygens (including phenoxy) is 1. The van der Waals surface area contributed by atoms with Crippen LogP contribution < -0.4 is 10.1 Å². The van der Waals surface area contributed by atoms with Crippen LogP contribution in [0.2, 0.25) is 0 Å². The van der Waals surface area contributed by atoms with E-state index in [9.17, 15) is 0 Å². The molecule has 2 rings (SSSR count). The van der Waals surface area contributed by atoms with Gasteiger partial charge in [0.1, 0.15) is 5.75 Å². The van der Waals surface area contributed by atoms with Crippen molar-refractivity contribution >= 4 is 0 Å². The van der Waals surface area contributed by atoms with E-state index in [0.717, 1.165) is 17.6 Å². The molecule has 0 aromatic heterocycles. The minimum Gasteiger partial charge on any atom is -0.497 e. The van der Waals surface area contributed by atoms with Gasteiger partial charge in [0.15, 0.2) is 0 Å². The second-order valence-electron chi connectivity index (χ2n) is 6.18. The fourth-order valence-electron chi connectivity index (χ4n) is 3.70. The molecule has 1 fully saturated rings. The minimum atomic E-state index is 0.485. The van der Waals surface area contributed by atoms with E-state index in [2.05, 4.69) is 44.4 Å². The second kappa shape index (κ2) is 7.12. The average Bonchev–Trinajstić information content (AvgIpc) is 2.50. The molecular formula is C18H29NO. The molecule has 2 heteroatoms. The fraction of sp³-hybridized carbons (Fsp3) is 0.667.